The van der Waals surface area contributed by atoms with E-state index in [1.54, 1.807) is 33.2 Å². The van der Waals surface area contributed by atoms with Crippen LogP contribution < -0.4 is 9.46 Å². The Balaban J connectivity index is 1.45. The SMILES string of the molecule is CCn1ncc(C(=O)N2CC(C)OC(C)C2)c1C1=Cc2cc(OC)ccc2-c2c(C3CCCCC3)c3ccc(C(=O)NS(=O)(=O)C(C)C)cc3n2C1. The molecule has 1 N–H and O–H groups in total. The number of carbonyl (C=O) groups is 2. The van der Waals surface area contributed by atoms with E-state index >= 15 is 0 Å². The summed E-state index contributed by atoms with van der Waals surface area (Å²) in [5.74, 6) is 0.290. The fraction of sp³-hybridized carbons (Fsp3) is 0.475. The smallest absolute Gasteiger partial charge is 0.264 e. The molecule has 2 fully saturated rings. The van der Waals surface area contributed by atoms with Crippen molar-refractivity contribution in [3.8, 4) is 17.0 Å². The first kappa shape index (κ1) is 36.0. The van der Waals surface area contributed by atoms with Gasteiger partial charge in [0.25, 0.3) is 11.8 Å². The molecule has 4 heterocycles. The highest BCUT2D eigenvalue weighted by atomic mass is 32.2. The van der Waals surface area contributed by atoms with Crippen molar-refractivity contribution >= 4 is 44.4 Å². The van der Waals surface area contributed by atoms with E-state index in [1.165, 1.54) is 12.0 Å². The lowest BCUT2D eigenvalue weighted by Gasteiger charge is -2.35. The number of sulfonamides is 1. The van der Waals surface area contributed by atoms with E-state index in [-0.39, 0.29) is 23.7 Å². The summed E-state index contributed by atoms with van der Waals surface area (Å²) in [6.45, 7) is 11.0. The molecular formula is C40H49N5O6S. The molecular weight excluding hydrogens is 679 g/mol. The molecule has 4 aromatic rings. The lowest BCUT2D eigenvalue weighted by molar-refractivity contribution is -0.0586. The molecule has 12 heteroatoms. The first-order valence-corrected chi connectivity index (χ1v) is 20.1. The number of nitrogens with one attached hydrogen (secondary N) is 1. The van der Waals surface area contributed by atoms with Gasteiger partial charge in [-0.3, -0.25) is 14.3 Å². The van der Waals surface area contributed by atoms with Crippen LogP contribution in [-0.4, -0.2) is 77.1 Å². The number of ether oxygens (including phenoxy) is 2. The molecule has 276 valence electrons. The minimum absolute atomic E-state index is 0.0808. The first-order chi connectivity index (χ1) is 24.9. The predicted octanol–water partition coefficient (Wildman–Crippen LogP) is 6.85. The third-order valence-corrected chi connectivity index (χ3v) is 12.5. The summed E-state index contributed by atoms with van der Waals surface area (Å²) in [5.41, 5.74) is 7.60. The summed E-state index contributed by atoms with van der Waals surface area (Å²) < 4.78 is 43.5. The maximum absolute atomic E-state index is 14.3. The van der Waals surface area contributed by atoms with Crippen LogP contribution in [0.15, 0.2) is 42.6 Å². The number of hydrogen-bond donors (Lipinski definition) is 1. The third-order valence-electron chi connectivity index (χ3n) is 10.8. The largest absolute Gasteiger partial charge is 0.497 e. The van der Waals surface area contributed by atoms with Gasteiger partial charge in [0.15, 0.2) is 0 Å². The van der Waals surface area contributed by atoms with Gasteiger partial charge in [0.2, 0.25) is 10.0 Å². The summed E-state index contributed by atoms with van der Waals surface area (Å²) in [6, 6.07) is 11.7. The summed E-state index contributed by atoms with van der Waals surface area (Å²) in [5, 5.41) is 5.01. The van der Waals surface area contributed by atoms with Gasteiger partial charge in [-0.15, -0.1) is 0 Å². The number of nitrogens with zero attached hydrogens (tertiary/aromatic N) is 4. The van der Waals surface area contributed by atoms with Crippen LogP contribution in [0, 0.1) is 0 Å². The van der Waals surface area contributed by atoms with Crippen molar-refractivity contribution in [3.63, 3.8) is 0 Å². The van der Waals surface area contributed by atoms with Gasteiger partial charge in [-0.05, 0) is 106 Å². The van der Waals surface area contributed by atoms with E-state index in [4.69, 9.17) is 14.6 Å². The highest BCUT2D eigenvalue weighted by molar-refractivity contribution is 7.90. The molecule has 2 amide bonds. The quantitative estimate of drug-likeness (QED) is 0.211. The van der Waals surface area contributed by atoms with Crippen LogP contribution >= 0.6 is 0 Å². The van der Waals surface area contributed by atoms with Gasteiger partial charge in [-0.25, -0.2) is 13.1 Å². The zero-order chi connectivity index (χ0) is 36.9. The maximum atomic E-state index is 14.3. The summed E-state index contributed by atoms with van der Waals surface area (Å²) in [7, 11) is -2.18. The van der Waals surface area contributed by atoms with Gasteiger partial charge in [-0.2, -0.15) is 5.10 Å². The lowest BCUT2D eigenvalue weighted by Crippen LogP contribution is -2.48. The van der Waals surface area contributed by atoms with Crippen molar-refractivity contribution in [2.75, 3.05) is 20.2 Å². The van der Waals surface area contributed by atoms with E-state index in [2.05, 4.69) is 21.4 Å². The van der Waals surface area contributed by atoms with Gasteiger partial charge in [0, 0.05) is 41.7 Å². The molecule has 3 aliphatic rings. The number of fused-ring (bicyclic) bond motifs is 5. The average molecular weight is 728 g/mol. The second-order valence-corrected chi connectivity index (χ2v) is 17.0. The number of amides is 2. The fourth-order valence-corrected chi connectivity index (χ4v) is 8.88. The minimum Gasteiger partial charge on any atom is -0.497 e. The predicted molar refractivity (Wildman–Crippen MR) is 203 cm³/mol. The van der Waals surface area contributed by atoms with E-state index in [0.717, 1.165) is 70.4 Å². The number of benzene rings is 2. The van der Waals surface area contributed by atoms with Crippen molar-refractivity contribution < 1.29 is 27.5 Å². The summed E-state index contributed by atoms with van der Waals surface area (Å²) in [6.07, 6.45) is 9.28. The molecule has 1 aliphatic carbocycles. The standard InChI is InChI=1S/C40H49N5O6S/c1-7-45-37(34(20-41-45)40(47)43-21-25(4)51-26(5)22-43)30-17-29-18-31(50-6)14-16-32(29)38-36(27-11-9-8-10-12-27)33-15-13-28(19-35(33)44(38)23-30)39(46)42-52(48,49)24(2)3/h13-20,24-27H,7-12,21-23H2,1-6H3,(H,42,46). The highest BCUT2D eigenvalue weighted by Crippen LogP contribution is 2.48. The van der Waals surface area contributed by atoms with E-state index in [9.17, 15) is 18.0 Å². The van der Waals surface area contributed by atoms with Crippen LogP contribution in [-0.2, 0) is 27.8 Å². The molecule has 0 bridgehead atoms. The Labute approximate surface area is 306 Å². The Morgan fingerprint density at radius 2 is 1.75 bits per heavy atom. The lowest BCUT2D eigenvalue weighted by atomic mass is 9.81. The molecule has 2 unspecified atom stereocenters. The second-order valence-electron chi connectivity index (χ2n) is 14.8. The van der Waals surface area contributed by atoms with E-state index in [0.29, 0.717) is 37.7 Å². The number of carbonyl (C=O) groups excluding carboxylic acids is 2. The monoisotopic (exact) mass is 727 g/mol. The molecule has 2 aliphatic heterocycles. The second kappa shape index (κ2) is 14.2. The molecule has 52 heavy (non-hydrogen) atoms. The van der Waals surface area contributed by atoms with Gasteiger partial charge in [0.1, 0.15) is 5.75 Å². The van der Waals surface area contributed by atoms with Crippen LogP contribution in [0.4, 0.5) is 0 Å². The maximum Gasteiger partial charge on any atom is 0.264 e. The van der Waals surface area contributed by atoms with Crippen LogP contribution in [0.5, 0.6) is 5.75 Å². The number of aryl methyl sites for hydroxylation is 1. The molecule has 0 spiro atoms. The topological polar surface area (TPSA) is 125 Å². The van der Waals surface area contributed by atoms with Gasteiger partial charge in [-0.1, -0.05) is 25.3 Å². The average Bonchev–Trinajstić information content (AvgIpc) is 3.64. The van der Waals surface area contributed by atoms with Crippen molar-refractivity contribution in [1.29, 1.82) is 0 Å². The Hall–Kier alpha value is -4.42. The highest BCUT2D eigenvalue weighted by Gasteiger charge is 2.34. The Morgan fingerprint density at radius 3 is 2.42 bits per heavy atom. The van der Waals surface area contributed by atoms with Crippen LogP contribution in [0.3, 0.4) is 0 Å². The zero-order valence-electron chi connectivity index (χ0n) is 30.9. The number of hydrogen-bond acceptors (Lipinski definition) is 7. The van der Waals surface area contributed by atoms with Crippen molar-refractivity contribution in [1.82, 2.24) is 24.0 Å². The fourth-order valence-electron chi connectivity index (χ4n) is 8.27. The van der Waals surface area contributed by atoms with E-state index in [1.807, 2.05) is 54.6 Å². The first-order valence-electron chi connectivity index (χ1n) is 18.5. The molecule has 0 radical (unpaired) electrons. The number of morpholine rings is 1. The molecule has 2 aromatic heterocycles. The number of allylic oxidation sites excluding steroid dienone is 1. The Bertz CT molecular complexity index is 2160. The number of rotatable bonds is 8. The molecule has 2 atom stereocenters. The Morgan fingerprint density at radius 1 is 1.02 bits per heavy atom. The summed E-state index contributed by atoms with van der Waals surface area (Å²) in [4.78, 5) is 29.7. The molecule has 7 rings (SSSR count). The van der Waals surface area contributed by atoms with E-state index < -0.39 is 21.2 Å². The van der Waals surface area contributed by atoms with Gasteiger partial charge < -0.3 is 18.9 Å². The minimum atomic E-state index is -3.84. The normalized spacial score (nSPS) is 19.6. The summed E-state index contributed by atoms with van der Waals surface area (Å²) >= 11 is 0. The number of methoxy groups -OCH3 is 1. The molecule has 1 saturated heterocycles. The van der Waals surface area contributed by atoms with Crippen molar-refractivity contribution in [2.45, 2.75) is 103 Å². The molecule has 2 aromatic carbocycles. The zero-order valence-corrected chi connectivity index (χ0v) is 31.8. The van der Waals surface area contributed by atoms with Gasteiger partial charge >= 0.3 is 0 Å². The van der Waals surface area contributed by atoms with Crippen molar-refractivity contribution in [2.24, 2.45) is 0 Å². The van der Waals surface area contributed by atoms with Crippen LogP contribution in [0.1, 0.15) is 110 Å². The van der Waals surface area contributed by atoms with Gasteiger partial charge in [0.05, 0.1) is 54.3 Å². The third kappa shape index (κ3) is 6.55. The van der Waals surface area contributed by atoms with Crippen LogP contribution in [0.25, 0.3) is 33.8 Å². The number of aromatic nitrogens is 3. The molecule has 1 saturated carbocycles. The van der Waals surface area contributed by atoms with Crippen LogP contribution in [0.2, 0.25) is 0 Å². The molecule has 11 nitrogen and oxygen atoms in total. The Kier molecular flexibility index (Phi) is 9.81. The van der Waals surface area contributed by atoms with Crippen molar-refractivity contribution in [3.05, 3.63) is 70.5 Å².